The summed E-state index contributed by atoms with van der Waals surface area (Å²) < 4.78 is 14.7. The number of hydrogen-bond donors (Lipinski definition) is 4. The zero-order valence-corrected chi connectivity index (χ0v) is 21.6. The number of nitrogens with one attached hydrogen (secondary N) is 3. The molecule has 0 saturated carbocycles. The van der Waals surface area contributed by atoms with Crippen molar-refractivity contribution < 1.29 is 19.1 Å². The van der Waals surface area contributed by atoms with Gasteiger partial charge in [0.05, 0.1) is 24.6 Å². The lowest BCUT2D eigenvalue weighted by Gasteiger charge is -2.33. The Labute approximate surface area is 212 Å². The Morgan fingerprint density at radius 3 is 2.58 bits per heavy atom. The Morgan fingerprint density at radius 2 is 2.00 bits per heavy atom. The molecule has 1 aliphatic heterocycles. The van der Waals surface area contributed by atoms with Crippen LogP contribution in [0.2, 0.25) is 0 Å². The van der Waals surface area contributed by atoms with Gasteiger partial charge in [-0.1, -0.05) is 39.5 Å². The van der Waals surface area contributed by atoms with Gasteiger partial charge in [0.15, 0.2) is 0 Å². The van der Waals surface area contributed by atoms with Crippen LogP contribution in [0.3, 0.4) is 0 Å². The third-order valence-corrected chi connectivity index (χ3v) is 5.90. The van der Waals surface area contributed by atoms with Gasteiger partial charge in [-0.2, -0.15) is 0 Å². The average molecular weight is 498 g/mol. The van der Waals surface area contributed by atoms with E-state index in [9.17, 15) is 19.1 Å². The topological polar surface area (TPSA) is 121 Å². The van der Waals surface area contributed by atoms with Crippen LogP contribution in [0.1, 0.15) is 56.1 Å². The van der Waals surface area contributed by atoms with E-state index in [2.05, 4.69) is 11.9 Å². The van der Waals surface area contributed by atoms with Crippen LogP contribution in [-0.2, 0) is 17.8 Å². The first-order chi connectivity index (χ1) is 16.8. The first-order valence-corrected chi connectivity index (χ1v) is 11.7. The molecule has 0 radical (unpaired) electrons. The number of hydrogen-bond acceptors (Lipinski definition) is 5. The third kappa shape index (κ3) is 6.97. The number of aliphatic hydroxyl groups is 1. The van der Waals surface area contributed by atoms with Crippen LogP contribution >= 0.6 is 0 Å². The van der Waals surface area contributed by atoms with Gasteiger partial charge in [0.25, 0.3) is 5.91 Å². The summed E-state index contributed by atoms with van der Waals surface area (Å²) in [4.78, 5) is 28.5. The second-order valence-corrected chi connectivity index (χ2v) is 9.93. The fourth-order valence-electron chi connectivity index (χ4n) is 3.75. The summed E-state index contributed by atoms with van der Waals surface area (Å²) in [7, 11) is 0. The number of halogens is 1. The number of carbonyl (C=O) groups is 2. The lowest BCUT2D eigenvalue weighted by Crippen LogP contribution is -2.42. The second kappa shape index (κ2) is 11.9. The molecule has 0 fully saturated rings. The molecule has 0 spiro atoms. The highest BCUT2D eigenvalue weighted by molar-refractivity contribution is 6.01. The van der Waals surface area contributed by atoms with E-state index in [1.165, 1.54) is 23.1 Å². The van der Waals surface area contributed by atoms with Gasteiger partial charge in [-0.3, -0.25) is 20.4 Å². The summed E-state index contributed by atoms with van der Waals surface area (Å²) in [6, 6.07) is 2.45. The molecule has 2 amide bonds. The lowest BCUT2D eigenvalue weighted by molar-refractivity contribution is -0.140. The minimum atomic E-state index is -0.649. The molecule has 1 atom stereocenters. The van der Waals surface area contributed by atoms with E-state index in [1.807, 2.05) is 20.8 Å². The number of carbonyl (C=O) groups excluding carboxylic acids is 2. The van der Waals surface area contributed by atoms with Gasteiger partial charge in [-0.25, -0.2) is 4.39 Å². The standard InChI is InChI=1S/C27H36FN5O3/c1-17(24(30)33(16-29)19(3)15-34)8-7-9-18(2)31-25(35)22-12-21-14-32(26(36)27(4,5)6)11-10-20(21)13-23(22)28/h7-9,12-13,16,19,29-30,34H,2,10-11,14-15H2,1,3-6H3,(H,31,35)/b9-7-,17-8+,29-16?,30-24?. The van der Waals surface area contributed by atoms with Crippen molar-refractivity contribution in [3.8, 4) is 0 Å². The number of fused-ring (bicyclic) bond motifs is 1. The van der Waals surface area contributed by atoms with Gasteiger partial charge in [-0.05, 0) is 55.2 Å². The second-order valence-electron chi connectivity index (χ2n) is 9.93. The lowest BCUT2D eigenvalue weighted by atomic mass is 9.91. The van der Waals surface area contributed by atoms with E-state index >= 15 is 0 Å². The van der Waals surface area contributed by atoms with Crippen molar-refractivity contribution in [1.82, 2.24) is 15.1 Å². The molecule has 9 heteroatoms. The Kier molecular flexibility index (Phi) is 9.47. The van der Waals surface area contributed by atoms with Gasteiger partial charge in [0.1, 0.15) is 11.7 Å². The molecule has 0 aromatic heterocycles. The summed E-state index contributed by atoms with van der Waals surface area (Å²) in [6.07, 6.45) is 6.21. The van der Waals surface area contributed by atoms with Crippen LogP contribution < -0.4 is 5.32 Å². The zero-order valence-electron chi connectivity index (χ0n) is 21.6. The first kappa shape index (κ1) is 28.6. The SMILES string of the molecule is C=C(/C=C\C=C(/C)C(=N)N(C=N)C(C)CO)NC(=O)c1cc2c(cc1F)CCN(C(=O)C(C)(C)C)C2. The number of nitrogens with zero attached hydrogens (tertiary/aromatic N) is 2. The van der Waals surface area contributed by atoms with E-state index in [-0.39, 0.29) is 29.6 Å². The van der Waals surface area contributed by atoms with Gasteiger partial charge in [0, 0.05) is 24.2 Å². The van der Waals surface area contributed by atoms with Crippen molar-refractivity contribution in [3.63, 3.8) is 0 Å². The zero-order chi connectivity index (χ0) is 27.2. The average Bonchev–Trinajstić information content (AvgIpc) is 2.82. The molecule has 1 aromatic carbocycles. The summed E-state index contributed by atoms with van der Waals surface area (Å²) in [5, 5.41) is 27.5. The number of benzene rings is 1. The van der Waals surface area contributed by atoms with Crippen LogP contribution in [0.4, 0.5) is 4.39 Å². The van der Waals surface area contributed by atoms with Crippen molar-refractivity contribution in [3.05, 3.63) is 70.7 Å². The molecule has 0 aliphatic carbocycles. The first-order valence-electron chi connectivity index (χ1n) is 11.7. The Morgan fingerprint density at radius 1 is 1.33 bits per heavy atom. The summed E-state index contributed by atoms with van der Waals surface area (Å²) >= 11 is 0. The van der Waals surface area contributed by atoms with E-state index in [1.54, 1.807) is 30.9 Å². The van der Waals surface area contributed by atoms with Gasteiger partial charge >= 0.3 is 0 Å². The monoisotopic (exact) mass is 497 g/mol. The smallest absolute Gasteiger partial charge is 0.258 e. The quantitative estimate of drug-likeness (QED) is 0.248. The van der Waals surface area contributed by atoms with Gasteiger partial charge in [-0.15, -0.1) is 0 Å². The number of allylic oxidation sites excluding steroid dienone is 3. The number of amides is 2. The van der Waals surface area contributed by atoms with Crippen molar-refractivity contribution in [2.24, 2.45) is 5.41 Å². The molecule has 1 aliphatic rings. The summed E-state index contributed by atoms with van der Waals surface area (Å²) in [5.74, 6) is -1.22. The molecule has 4 N–H and O–H groups in total. The van der Waals surface area contributed by atoms with Crippen LogP contribution in [0.25, 0.3) is 0 Å². The van der Waals surface area contributed by atoms with Crippen LogP contribution in [0.5, 0.6) is 0 Å². The molecule has 1 heterocycles. The minimum absolute atomic E-state index is 0.00739. The summed E-state index contributed by atoms with van der Waals surface area (Å²) in [6.45, 7) is 13.4. The molecule has 0 bridgehead atoms. The molecule has 8 nitrogen and oxygen atoms in total. The highest BCUT2D eigenvalue weighted by atomic mass is 19.1. The molecule has 0 saturated heterocycles. The van der Waals surface area contributed by atoms with E-state index in [4.69, 9.17) is 10.8 Å². The van der Waals surface area contributed by atoms with Crippen molar-refractivity contribution in [1.29, 1.82) is 10.8 Å². The van der Waals surface area contributed by atoms with Crippen molar-refractivity contribution >= 4 is 24.0 Å². The highest BCUT2D eigenvalue weighted by Gasteiger charge is 2.30. The van der Waals surface area contributed by atoms with Crippen molar-refractivity contribution in [2.75, 3.05) is 13.2 Å². The van der Waals surface area contributed by atoms with E-state index < -0.39 is 23.2 Å². The van der Waals surface area contributed by atoms with Gasteiger partial charge < -0.3 is 20.2 Å². The van der Waals surface area contributed by atoms with Crippen molar-refractivity contribution in [2.45, 2.75) is 53.6 Å². The predicted octanol–water partition coefficient (Wildman–Crippen LogP) is 3.77. The fourth-order valence-corrected chi connectivity index (χ4v) is 3.75. The van der Waals surface area contributed by atoms with Crippen LogP contribution in [0.15, 0.2) is 48.2 Å². The Bertz CT molecular complexity index is 1120. The maximum atomic E-state index is 14.7. The third-order valence-electron chi connectivity index (χ3n) is 5.90. The fraction of sp³-hybridized carbons (Fsp3) is 0.407. The highest BCUT2D eigenvalue weighted by Crippen LogP contribution is 2.26. The molecule has 1 aromatic rings. The molecular formula is C27H36FN5O3. The molecular weight excluding hydrogens is 461 g/mol. The predicted molar refractivity (Wildman–Crippen MR) is 139 cm³/mol. The van der Waals surface area contributed by atoms with E-state index in [0.29, 0.717) is 25.1 Å². The van der Waals surface area contributed by atoms with Crippen LogP contribution in [-0.4, -0.2) is 58.1 Å². The minimum Gasteiger partial charge on any atom is -0.394 e. The Hall–Kier alpha value is -3.59. The van der Waals surface area contributed by atoms with Crippen LogP contribution in [0, 0.1) is 22.1 Å². The maximum Gasteiger partial charge on any atom is 0.258 e. The number of amidine groups is 1. The summed E-state index contributed by atoms with van der Waals surface area (Å²) in [5.41, 5.74) is 1.65. The molecule has 36 heavy (non-hydrogen) atoms. The number of rotatable bonds is 8. The normalized spacial score (nSPS) is 14.8. The largest absolute Gasteiger partial charge is 0.394 e. The van der Waals surface area contributed by atoms with E-state index in [0.717, 1.165) is 17.5 Å². The number of aliphatic hydroxyl groups excluding tert-OH is 1. The van der Waals surface area contributed by atoms with Gasteiger partial charge in [0.2, 0.25) is 5.91 Å². The molecule has 2 rings (SSSR count). The molecule has 194 valence electrons. The molecule has 1 unspecified atom stereocenters. The Balaban J connectivity index is 2.10. The maximum absolute atomic E-state index is 14.7.